The summed E-state index contributed by atoms with van der Waals surface area (Å²) in [6, 6.07) is 0. The summed E-state index contributed by atoms with van der Waals surface area (Å²) in [6.45, 7) is 1.19. The molecule has 1 rings (SSSR count). The summed E-state index contributed by atoms with van der Waals surface area (Å²) in [4.78, 5) is 3.73. The van der Waals surface area contributed by atoms with Gasteiger partial charge in [0.05, 0.1) is 19.4 Å². The molecular weight excluding hydrogens is 128 g/mol. The maximum Gasteiger partial charge on any atom is 0.262 e. The molecule has 0 radical (unpaired) electrons. The SMILES string of the molecule is O=S(O)N1C=NCC1. The minimum absolute atomic E-state index is 0.559. The van der Waals surface area contributed by atoms with Crippen molar-refractivity contribution >= 4 is 17.6 Å². The Morgan fingerprint density at radius 1 is 1.88 bits per heavy atom. The van der Waals surface area contributed by atoms with Gasteiger partial charge in [0, 0.05) is 0 Å². The number of hydrogen-bond acceptors (Lipinski definition) is 2. The van der Waals surface area contributed by atoms with Crippen molar-refractivity contribution in [1.29, 1.82) is 0 Å². The zero-order valence-electron chi connectivity index (χ0n) is 4.15. The molecule has 0 aromatic rings. The summed E-state index contributed by atoms with van der Waals surface area (Å²) in [5.74, 6) is 0. The zero-order chi connectivity index (χ0) is 5.98. The largest absolute Gasteiger partial charge is 0.289 e. The van der Waals surface area contributed by atoms with Gasteiger partial charge < -0.3 is 0 Å². The van der Waals surface area contributed by atoms with Gasteiger partial charge >= 0.3 is 0 Å². The van der Waals surface area contributed by atoms with E-state index in [9.17, 15) is 4.21 Å². The van der Waals surface area contributed by atoms with E-state index < -0.39 is 11.3 Å². The smallest absolute Gasteiger partial charge is 0.262 e. The molecule has 5 heteroatoms. The molecule has 0 aromatic carbocycles. The van der Waals surface area contributed by atoms with Gasteiger partial charge in [0.2, 0.25) is 0 Å². The molecule has 1 atom stereocenters. The van der Waals surface area contributed by atoms with Crippen LogP contribution in [0.3, 0.4) is 0 Å². The molecule has 0 fully saturated rings. The molecule has 0 aromatic heterocycles. The molecule has 1 N–H and O–H groups in total. The molecule has 0 spiro atoms. The lowest BCUT2D eigenvalue weighted by atomic mass is 10.7. The Kier molecular flexibility index (Phi) is 1.59. The fraction of sp³-hybridized carbons (Fsp3) is 0.667. The molecule has 1 aliphatic rings. The predicted molar refractivity (Wildman–Crippen MR) is 30.8 cm³/mol. The van der Waals surface area contributed by atoms with Gasteiger partial charge in [-0.1, -0.05) is 0 Å². The predicted octanol–water partition coefficient (Wildman–Crippen LogP) is -0.533. The molecule has 46 valence electrons. The third-order valence-electron chi connectivity index (χ3n) is 0.861. The van der Waals surface area contributed by atoms with E-state index in [4.69, 9.17) is 4.55 Å². The van der Waals surface area contributed by atoms with Crippen LogP contribution in [0, 0.1) is 0 Å². The Balaban J connectivity index is 2.48. The van der Waals surface area contributed by atoms with Crippen molar-refractivity contribution in [2.75, 3.05) is 13.1 Å². The fourth-order valence-electron chi connectivity index (χ4n) is 0.481. The fourth-order valence-corrected chi connectivity index (χ4v) is 0.866. The molecule has 8 heavy (non-hydrogen) atoms. The molecule has 0 bridgehead atoms. The van der Waals surface area contributed by atoms with Crippen LogP contribution in [0.4, 0.5) is 0 Å². The molecule has 1 aliphatic heterocycles. The minimum Gasteiger partial charge on any atom is -0.289 e. The second kappa shape index (κ2) is 2.23. The Hall–Kier alpha value is -0.420. The average molecular weight is 134 g/mol. The van der Waals surface area contributed by atoms with Gasteiger partial charge in [0.15, 0.2) is 0 Å². The van der Waals surface area contributed by atoms with Crippen LogP contribution >= 0.6 is 0 Å². The first kappa shape index (κ1) is 5.71. The average Bonchev–Trinajstić information content (AvgIpc) is 2.12. The van der Waals surface area contributed by atoms with E-state index in [0.29, 0.717) is 13.1 Å². The van der Waals surface area contributed by atoms with Crippen molar-refractivity contribution in [2.24, 2.45) is 4.99 Å². The normalized spacial score (nSPS) is 21.9. The molecule has 0 saturated heterocycles. The Morgan fingerprint density at radius 3 is 2.88 bits per heavy atom. The van der Waals surface area contributed by atoms with E-state index >= 15 is 0 Å². The van der Waals surface area contributed by atoms with Gasteiger partial charge in [-0.25, -0.2) is 4.21 Å². The van der Waals surface area contributed by atoms with Gasteiger partial charge in [-0.3, -0.25) is 13.9 Å². The zero-order valence-corrected chi connectivity index (χ0v) is 4.97. The van der Waals surface area contributed by atoms with Crippen molar-refractivity contribution in [2.45, 2.75) is 0 Å². The topological polar surface area (TPSA) is 52.9 Å². The second-order valence-corrected chi connectivity index (χ2v) is 2.32. The second-order valence-electron chi connectivity index (χ2n) is 1.39. The summed E-state index contributed by atoms with van der Waals surface area (Å²) in [7, 11) is 0. The molecular formula is C3H6N2O2S. The molecule has 0 aliphatic carbocycles. The maximum atomic E-state index is 10.1. The number of aliphatic imine (C=N–C) groups is 1. The lowest BCUT2D eigenvalue weighted by Crippen LogP contribution is -2.21. The minimum atomic E-state index is -1.86. The number of rotatable bonds is 1. The van der Waals surface area contributed by atoms with Crippen molar-refractivity contribution in [3.05, 3.63) is 0 Å². The first-order valence-corrected chi connectivity index (χ1v) is 3.24. The Bertz CT molecular complexity index is 135. The van der Waals surface area contributed by atoms with Crippen molar-refractivity contribution < 1.29 is 8.76 Å². The standard InChI is InChI=1S/C3H6N2O2S/c6-8(7)5-2-1-4-3-5/h3H,1-2H2,(H,6,7). The molecule has 1 heterocycles. The molecule has 0 saturated carbocycles. The quantitative estimate of drug-likeness (QED) is 0.490. The van der Waals surface area contributed by atoms with Gasteiger partial charge in [-0.2, -0.15) is 0 Å². The van der Waals surface area contributed by atoms with Crippen LogP contribution in [0.1, 0.15) is 0 Å². The first-order chi connectivity index (χ1) is 3.80. The monoisotopic (exact) mass is 134 g/mol. The van der Waals surface area contributed by atoms with Crippen molar-refractivity contribution in [3.63, 3.8) is 0 Å². The highest BCUT2D eigenvalue weighted by molar-refractivity contribution is 7.77. The van der Waals surface area contributed by atoms with Gasteiger partial charge in [-0.15, -0.1) is 0 Å². The summed E-state index contributed by atoms with van der Waals surface area (Å²) in [5, 5.41) is 0. The van der Waals surface area contributed by atoms with Crippen molar-refractivity contribution in [3.8, 4) is 0 Å². The lowest BCUT2D eigenvalue weighted by molar-refractivity contribution is 0.510. The van der Waals surface area contributed by atoms with Gasteiger partial charge in [-0.05, 0) is 0 Å². The summed E-state index contributed by atoms with van der Waals surface area (Å²) in [5.41, 5.74) is 0. The number of nitrogens with zero attached hydrogens (tertiary/aromatic N) is 2. The number of hydrogen-bond donors (Lipinski definition) is 1. The van der Waals surface area contributed by atoms with E-state index in [1.165, 1.54) is 10.6 Å². The third kappa shape index (κ3) is 1.05. The van der Waals surface area contributed by atoms with Crippen LogP contribution in [0.2, 0.25) is 0 Å². The van der Waals surface area contributed by atoms with Crippen LogP contribution in [-0.4, -0.2) is 32.5 Å². The van der Waals surface area contributed by atoms with E-state index in [1.54, 1.807) is 0 Å². The summed E-state index contributed by atoms with van der Waals surface area (Å²) >= 11 is -1.86. The molecule has 4 nitrogen and oxygen atoms in total. The highest BCUT2D eigenvalue weighted by Gasteiger charge is 2.08. The third-order valence-corrected chi connectivity index (χ3v) is 1.54. The maximum absolute atomic E-state index is 10.1. The van der Waals surface area contributed by atoms with Crippen LogP contribution in [0.5, 0.6) is 0 Å². The first-order valence-electron chi connectivity index (χ1n) is 2.18. The van der Waals surface area contributed by atoms with Gasteiger partial charge in [0.25, 0.3) is 11.3 Å². The van der Waals surface area contributed by atoms with E-state index in [-0.39, 0.29) is 0 Å². The molecule has 0 amide bonds. The highest BCUT2D eigenvalue weighted by Crippen LogP contribution is 1.93. The van der Waals surface area contributed by atoms with E-state index in [2.05, 4.69) is 4.99 Å². The van der Waals surface area contributed by atoms with Crippen LogP contribution in [0.25, 0.3) is 0 Å². The van der Waals surface area contributed by atoms with E-state index in [1.807, 2.05) is 0 Å². The Labute approximate surface area is 49.6 Å². The van der Waals surface area contributed by atoms with Crippen molar-refractivity contribution in [1.82, 2.24) is 4.31 Å². The van der Waals surface area contributed by atoms with Crippen LogP contribution in [-0.2, 0) is 11.3 Å². The summed E-state index contributed by atoms with van der Waals surface area (Å²) in [6.07, 6.45) is 1.39. The van der Waals surface area contributed by atoms with Crippen LogP contribution in [0.15, 0.2) is 4.99 Å². The van der Waals surface area contributed by atoms with Gasteiger partial charge in [0.1, 0.15) is 0 Å². The molecule has 1 unspecified atom stereocenters. The summed E-state index contributed by atoms with van der Waals surface area (Å²) < 4.78 is 19.8. The lowest BCUT2D eigenvalue weighted by Gasteiger charge is -2.03. The highest BCUT2D eigenvalue weighted by atomic mass is 32.2. The van der Waals surface area contributed by atoms with Crippen LogP contribution < -0.4 is 0 Å². The Morgan fingerprint density at radius 2 is 2.62 bits per heavy atom. The van der Waals surface area contributed by atoms with E-state index in [0.717, 1.165) is 0 Å².